The Bertz CT molecular complexity index is 732. The van der Waals surface area contributed by atoms with Gasteiger partial charge in [-0.2, -0.15) is 0 Å². The normalized spacial score (nSPS) is 11.3. The number of benzene rings is 2. The van der Waals surface area contributed by atoms with Crippen molar-refractivity contribution in [2.75, 3.05) is 10.5 Å². The summed E-state index contributed by atoms with van der Waals surface area (Å²) in [7, 11) is -3.69. The van der Waals surface area contributed by atoms with Gasteiger partial charge in [0.1, 0.15) is 4.90 Å². The van der Waals surface area contributed by atoms with E-state index in [1.54, 1.807) is 31.2 Å². The molecular formula is C15H18N2O2S. The van der Waals surface area contributed by atoms with Crippen molar-refractivity contribution >= 4 is 21.4 Å². The van der Waals surface area contributed by atoms with Gasteiger partial charge in [-0.25, -0.2) is 8.42 Å². The molecule has 2 aromatic rings. The van der Waals surface area contributed by atoms with E-state index in [0.717, 1.165) is 11.1 Å². The molecule has 0 aliphatic rings. The van der Waals surface area contributed by atoms with Crippen LogP contribution in [0.1, 0.15) is 16.7 Å². The molecule has 2 rings (SSSR count). The highest BCUT2D eigenvalue weighted by Gasteiger charge is 2.20. The number of aryl methyl sites for hydroxylation is 3. The zero-order chi connectivity index (χ0) is 14.9. The highest BCUT2D eigenvalue weighted by atomic mass is 32.2. The molecule has 0 unspecified atom stereocenters. The smallest absolute Gasteiger partial charge is 0.264 e. The summed E-state index contributed by atoms with van der Waals surface area (Å²) in [5.41, 5.74) is 9.21. The van der Waals surface area contributed by atoms with Crippen molar-refractivity contribution in [1.82, 2.24) is 0 Å². The van der Waals surface area contributed by atoms with Crippen molar-refractivity contribution in [2.45, 2.75) is 25.7 Å². The van der Waals surface area contributed by atoms with Gasteiger partial charge in [-0.15, -0.1) is 0 Å². The first-order chi connectivity index (χ1) is 9.31. The van der Waals surface area contributed by atoms with Crippen LogP contribution in [0.4, 0.5) is 11.4 Å². The summed E-state index contributed by atoms with van der Waals surface area (Å²) in [5.74, 6) is 0. The Morgan fingerprint density at radius 1 is 1.00 bits per heavy atom. The van der Waals surface area contributed by atoms with Crippen molar-refractivity contribution in [1.29, 1.82) is 0 Å². The Morgan fingerprint density at radius 2 is 1.70 bits per heavy atom. The molecule has 0 saturated heterocycles. The van der Waals surface area contributed by atoms with Gasteiger partial charge in [-0.05, 0) is 44.0 Å². The monoisotopic (exact) mass is 290 g/mol. The molecule has 0 spiro atoms. The lowest BCUT2D eigenvalue weighted by Gasteiger charge is -2.14. The van der Waals surface area contributed by atoms with Crippen LogP contribution in [0.2, 0.25) is 0 Å². The number of hydrogen-bond donors (Lipinski definition) is 2. The first-order valence-corrected chi connectivity index (χ1v) is 7.75. The lowest BCUT2D eigenvalue weighted by Crippen LogP contribution is -2.16. The summed E-state index contributed by atoms with van der Waals surface area (Å²) in [6.45, 7) is 5.56. The van der Waals surface area contributed by atoms with Gasteiger partial charge in [0.2, 0.25) is 0 Å². The molecule has 4 nitrogen and oxygen atoms in total. The third-order valence-electron chi connectivity index (χ3n) is 3.14. The summed E-state index contributed by atoms with van der Waals surface area (Å²) in [6.07, 6.45) is 0. The average molecular weight is 290 g/mol. The third-order valence-corrected chi connectivity index (χ3v) is 4.72. The maximum atomic E-state index is 12.5. The number of sulfonamides is 1. The molecule has 0 heterocycles. The molecule has 106 valence electrons. The highest BCUT2D eigenvalue weighted by Crippen LogP contribution is 2.26. The summed E-state index contributed by atoms with van der Waals surface area (Å²) >= 11 is 0. The molecular weight excluding hydrogens is 272 g/mol. The molecule has 0 fully saturated rings. The third kappa shape index (κ3) is 2.77. The van der Waals surface area contributed by atoms with Crippen molar-refractivity contribution in [3.63, 3.8) is 0 Å². The second-order valence-corrected chi connectivity index (χ2v) is 6.54. The van der Waals surface area contributed by atoms with E-state index in [4.69, 9.17) is 5.73 Å². The molecule has 0 atom stereocenters. The minimum Gasteiger partial charge on any atom is -0.398 e. The zero-order valence-electron chi connectivity index (χ0n) is 11.8. The molecule has 3 N–H and O–H groups in total. The fourth-order valence-corrected chi connectivity index (χ4v) is 3.66. The summed E-state index contributed by atoms with van der Waals surface area (Å²) in [4.78, 5) is 0.139. The zero-order valence-corrected chi connectivity index (χ0v) is 12.6. The molecule has 0 amide bonds. The Labute approximate surface area is 119 Å². The minimum absolute atomic E-state index is 0.139. The Morgan fingerprint density at radius 3 is 2.30 bits per heavy atom. The van der Waals surface area contributed by atoms with Crippen LogP contribution in [0.3, 0.4) is 0 Å². The van der Waals surface area contributed by atoms with Crippen molar-refractivity contribution in [3.05, 3.63) is 53.1 Å². The molecule has 0 aromatic heterocycles. The van der Waals surface area contributed by atoms with Crippen molar-refractivity contribution in [3.8, 4) is 0 Å². The lowest BCUT2D eigenvalue weighted by molar-refractivity contribution is 0.601. The van der Waals surface area contributed by atoms with Gasteiger partial charge in [0.15, 0.2) is 0 Å². The van der Waals surface area contributed by atoms with E-state index in [-0.39, 0.29) is 10.6 Å². The van der Waals surface area contributed by atoms with Crippen LogP contribution in [-0.4, -0.2) is 8.42 Å². The number of rotatable bonds is 3. The number of nitrogens with one attached hydrogen (secondary N) is 1. The maximum Gasteiger partial charge on any atom is 0.264 e. The van der Waals surface area contributed by atoms with Crippen LogP contribution < -0.4 is 10.5 Å². The van der Waals surface area contributed by atoms with E-state index in [1.807, 2.05) is 26.0 Å². The molecule has 0 radical (unpaired) electrons. The van der Waals surface area contributed by atoms with Gasteiger partial charge < -0.3 is 5.73 Å². The standard InChI is InChI=1S/C15H18N2O2S/c1-10-7-8-14(12(3)9-10)17-20(18,19)15-11(2)5-4-6-13(15)16/h4-9,17H,16H2,1-3H3. The van der Waals surface area contributed by atoms with E-state index < -0.39 is 10.0 Å². The predicted octanol–water partition coefficient (Wildman–Crippen LogP) is 2.99. The quantitative estimate of drug-likeness (QED) is 0.854. The van der Waals surface area contributed by atoms with Crippen molar-refractivity contribution < 1.29 is 8.42 Å². The number of anilines is 2. The van der Waals surface area contributed by atoms with Crippen LogP contribution in [-0.2, 0) is 10.0 Å². The second kappa shape index (κ2) is 5.17. The van der Waals surface area contributed by atoms with Gasteiger partial charge in [0.25, 0.3) is 10.0 Å². The summed E-state index contributed by atoms with van der Waals surface area (Å²) in [5, 5.41) is 0. The van der Waals surface area contributed by atoms with Crippen LogP contribution in [0.5, 0.6) is 0 Å². The van der Waals surface area contributed by atoms with Crippen LogP contribution in [0.25, 0.3) is 0 Å². The van der Waals surface area contributed by atoms with E-state index in [1.165, 1.54) is 0 Å². The SMILES string of the molecule is Cc1ccc(NS(=O)(=O)c2c(C)cccc2N)c(C)c1. The number of hydrogen-bond acceptors (Lipinski definition) is 3. The van der Waals surface area contributed by atoms with Crippen molar-refractivity contribution in [2.24, 2.45) is 0 Å². The fourth-order valence-electron chi connectivity index (χ4n) is 2.17. The maximum absolute atomic E-state index is 12.5. The molecule has 0 bridgehead atoms. The average Bonchev–Trinajstić information content (AvgIpc) is 2.32. The number of nitrogens with two attached hydrogens (primary N) is 1. The molecule has 0 aliphatic heterocycles. The van der Waals surface area contributed by atoms with Gasteiger partial charge >= 0.3 is 0 Å². The number of nitrogen functional groups attached to an aromatic ring is 1. The van der Waals surface area contributed by atoms with Gasteiger partial charge in [0, 0.05) is 0 Å². The predicted molar refractivity (Wildman–Crippen MR) is 82.3 cm³/mol. The van der Waals surface area contributed by atoms with E-state index >= 15 is 0 Å². The molecule has 5 heteroatoms. The van der Waals surface area contributed by atoms with Crippen LogP contribution in [0.15, 0.2) is 41.3 Å². The lowest BCUT2D eigenvalue weighted by atomic mass is 10.1. The Balaban J connectivity index is 2.46. The molecule has 0 saturated carbocycles. The summed E-state index contributed by atoms with van der Waals surface area (Å²) < 4.78 is 27.6. The first-order valence-electron chi connectivity index (χ1n) is 6.26. The fraction of sp³-hybridized carbons (Fsp3) is 0.200. The second-order valence-electron chi connectivity index (χ2n) is 4.92. The molecule has 20 heavy (non-hydrogen) atoms. The topological polar surface area (TPSA) is 72.2 Å². The van der Waals surface area contributed by atoms with Gasteiger partial charge in [0.05, 0.1) is 11.4 Å². The minimum atomic E-state index is -3.69. The molecule has 0 aliphatic carbocycles. The Kier molecular flexibility index (Phi) is 3.72. The van der Waals surface area contributed by atoms with Gasteiger partial charge in [-0.3, -0.25) is 4.72 Å². The van der Waals surface area contributed by atoms with Crippen LogP contribution >= 0.6 is 0 Å². The largest absolute Gasteiger partial charge is 0.398 e. The van der Waals surface area contributed by atoms with E-state index in [2.05, 4.69) is 4.72 Å². The van der Waals surface area contributed by atoms with Gasteiger partial charge in [-0.1, -0.05) is 29.8 Å². The van der Waals surface area contributed by atoms with E-state index in [0.29, 0.717) is 11.3 Å². The van der Waals surface area contributed by atoms with E-state index in [9.17, 15) is 8.42 Å². The highest BCUT2D eigenvalue weighted by molar-refractivity contribution is 7.93. The summed E-state index contributed by atoms with van der Waals surface area (Å²) in [6, 6.07) is 10.6. The van der Waals surface area contributed by atoms with Crippen LogP contribution in [0, 0.1) is 20.8 Å². The Hall–Kier alpha value is -2.01. The molecule has 2 aromatic carbocycles. The first kappa shape index (κ1) is 14.4.